The summed E-state index contributed by atoms with van der Waals surface area (Å²) in [6.07, 6.45) is 1.61. The van der Waals surface area contributed by atoms with Crippen LogP contribution in [0.2, 0.25) is 0 Å². The van der Waals surface area contributed by atoms with Gasteiger partial charge in [-0.2, -0.15) is 0 Å². The van der Waals surface area contributed by atoms with Crippen LogP contribution in [0.15, 0.2) is 6.33 Å². The average molecular weight is 266 g/mol. The summed E-state index contributed by atoms with van der Waals surface area (Å²) in [5, 5.41) is 0. The van der Waals surface area contributed by atoms with Crippen molar-refractivity contribution in [2.24, 2.45) is 0 Å². The van der Waals surface area contributed by atoms with Crippen LogP contribution in [0.4, 0.5) is 17.3 Å². The Bertz CT molecular complexity index is 392. The van der Waals surface area contributed by atoms with Crippen molar-refractivity contribution in [3.8, 4) is 0 Å². The maximum absolute atomic E-state index is 8.49. The van der Waals surface area contributed by atoms with E-state index in [2.05, 4.69) is 19.8 Å². The highest BCUT2D eigenvalue weighted by molar-refractivity contribution is 5.78. The van der Waals surface area contributed by atoms with E-state index in [4.69, 9.17) is 24.4 Å². The molecule has 17 heavy (non-hydrogen) atoms. The molecule has 96 valence electrons. The number of nitrogen functional groups attached to an aromatic ring is 1. The normalized spacial score (nSPS) is 14.2. The second-order valence-electron chi connectivity index (χ2n) is 3.40. The van der Waals surface area contributed by atoms with Gasteiger partial charge in [0.25, 0.3) is 5.82 Å². The van der Waals surface area contributed by atoms with Gasteiger partial charge in [0.05, 0.1) is 7.05 Å². The Morgan fingerprint density at radius 3 is 2.29 bits per heavy atom. The van der Waals surface area contributed by atoms with Crippen molar-refractivity contribution in [3.63, 3.8) is 0 Å². The number of aromatic nitrogens is 2. The predicted octanol–water partition coefficient (Wildman–Crippen LogP) is -5.43. The zero-order valence-electron chi connectivity index (χ0n) is 9.21. The molecule has 0 aliphatic carbocycles. The number of hydrogen-bond donors (Lipinski definition) is 1. The van der Waals surface area contributed by atoms with Gasteiger partial charge in [0.1, 0.15) is 6.67 Å². The molecule has 0 aromatic carbocycles. The number of rotatable bonds is 0. The number of nitrogens with one attached hydrogen (secondary N) is 1. The number of hydrogen-bond acceptors (Lipinski definition) is 8. The molecule has 0 unspecified atom stereocenters. The number of nitrogens with zero attached hydrogens (tertiary/aromatic N) is 3. The van der Waals surface area contributed by atoms with Gasteiger partial charge >= 0.3 is 0 Å². The summed E-state index contributed by atoms with van der Waals surface area (Å²) in [5.41, 5.74) is 6.71. The third kappa shape index (κ3) is 3.84. The van der Waals surface area contributed by atoms with Crippen LogP contribution in [0.25, 0.3) is 0 Å². The van der Waals surface area contributed by atoms with Crippen molar-refractivity contribution in [2.75, 3.05) is 36.3 Å². The molecule has 1 aliphatic heterocycles. The van der Waals surface area contributed by atoms with Gasteiger partial charge < -0.3 is 10.6 Å². The summed E-state index contributed by atoms with van der Waals surface area (Å²) in [6, 6.07) is 0. The highest BCUT2D eigenvalue weighted by Crippen LogP contribution is 2.32. The van der Waals surface area contributed by atoms with E-state index < -0.39 is 10.2 Å². The van der Waals surface area contributed by atoms with Crippen molar-refractivity contribution in [3.05, 3.63) is 6.33 Å². The Morgan fingerprint density at radius 2 is 1.82 bits per heavy atom. The maximum atomic E-state index is 8.49. The molecule has 9 nitrogen and oxygen atoms in total. The summed E-state index contributed by atoms with van der Waals surface area (Å²) < 4.78 is 34.0. The van der Waals surface area contributed by atoms with E-state index >= 15 is 0 Å². The second kappa shape index (κ2) is 4.85. The SMILES string of the molecule is CN1CN(C)c2c(N)nc[nH+]c21.[O-][Cl+3]([O-])([O-])[O-]. The highest BCUT2D eigenvalue weighted by atomic mass is 35.7. The number of H-pyrrole nitrogens is 1. The fraction of sp³-hybridized carbons (Fsp3) is 0.429. The molecular formula is C7H12ClN5O4. The van der Waals surface area contributed by atoms with Gasteiger partial charge in [-0.05, 0) is 0 Å². The molecule has 1 aliphatic rings. The van der Waals surface area contributed by atoms with Crippen molar-refractivity contribution in [2.45, 2.75) is 0 Å². The summed E-state index contributed by atoms with van der Waals surface area (Å²) in [4.78, 5) is 11.2. The molecule has 3 N–H and O–H groups in total. The predicted molar refractivity (Wildman–Crippen MR) is 46.9 cm³/mol. The summed E-state index contributed by atoms with van der Waals surface area (Å²) in [6.45, 7) is 0.849. The first-order chi connectivity index (χ1) is 7.70. The Kier molecular flexibility index (Phi) is 3.91. The highest BCUT2D eigenvalue weighted by Gasteiger charge is 2.29. The van der Waals surface area contributed by atoms with Crippen molar-refractivity contribution in [1.82, 2.24) is 4.98 Å². The van der Waals surface area contributed by atoms with Gasteiger partial charge in [0, 0.05) is 7.05 Å². The monoisotopic (exact) mass is 265 g/mol. The topological polar surface area (TPSA) is 152 Å². The van der Waals surface area contributed by atoms with E-state index in [1.165, 1.54) is 0 Å². The molecule has 0 atom stereocenters. The fourth-order valence-electron chi connectivity index (χ4n) is 1.54. The number of nitrogens with two attached hydrogens (primary N) is 1. The molecule has 0 amide bonds. The van der Waals surface area contributed by atoms with Gasteiger partial charge in [-0.1, -0.05) is 4.98 Å². The molecule has 2 heterocycles. The Hall–Kier alpha value is -1.39. The molecule has 1 aromatic rings. The Morgan fingerprint density at radius 1 is 1.29 bits per heavy atom. The first kappa shape index (κ1) is 13.7. The molecule has 0 bridgehead atoms. The lowest BCUT2D eigenvalue weighted by atomic mass is 10.4. The average Bonchev–Trinajstić information content (AvgIpc) is 2.41. The minimum absolute atomic E-state index is 0.579. The first-order valence-electron chi connectivity index (χ1n) is 4.40. The Balaban J connectivity index is 0.000000249. The smallest absolute Gasteiger partial charge is 0.251 e. The van der Waals surface area contributed by atoms with Crippen LogP contribution in [0.1, 0.15) is 0 Å². The van der Waals surface area contributed by atoms with Crippen LogP contribution < -0.4 is 39.2 Å². The lowest BCUT2D eigenvalue weighted by Gasteiger charge is -2.17. The van der Waals surface area contributed by atoms with Gasteiger partial charge in [-0.3, -0.25) is 4.90 Å². The number of fused-ring (bicyclic) bond motifs is 1. The van der Waals surface area contributed by atoms with E-state index in [1.54, 1.807) is 6.33 Å². The second-order valence-corrected chi connectivity index (χ2v) is 4.16. The molecule has 0 fully saturated rings. The lowest BCUT2D eigenvalue weighted by molar-refractivity contribution is -2.00. The van der Waals surface area contributed by atoms with Crippen LogP contribution in [0, 0.1) is 10.2 Å². The Labute approximate surface area is 99.5 Å². The first-order valence-corrected chi connectivity index (χ1v) is 5.63. The van der Waals surface area contributed by atoms with E-state index in [9.17, 15) is 0 Å². The van der Waals surface area contributed by atoms with Crippen LogP contribution in [0.3, 0.4) is 0 Å². The molecule has 0 saturated heterocycles. The van der Waals surface area contributed by atoms with Crippen molar-refractivity contribution >= 4 is 17.3 Å². The lowest BCUT2D eigenvalue weighted by Crippen LogP contribution is -2.68. The molecular weight excluding hydrogens is 254 g/mol. The maximum Gasteiger partial charge on any atom is 0.251 e. The standard InChI is InChI=1S/C7H11N5.ClHO4/c1-11-4-12(2)7-5(11)6(8)9-3-10-7;2-1(3,4)5/h3H,4H2,1-2H3,(H2,8,9,10);(H,2,3,4,5). The summed E-state index contributed by atoms with van der Waals surface area (Å²) in [7, 11) is -0.938. The zero-order valence-corrected chi connectivity index (χ0v) is 9.97. The molecule has 1 aromatic heterocycles. The van der Waals surface area contributed by atoms with Gasteiger partial charge in [0.2, 0.25) is 12.1 Å². The molecule has 2 rings (SSSR count). The molecule has 0 saturated carbocycles. The minimum Gasteiger partial charge on any atom is -0.368 e. The van der Waals surface area contributed by atoms with Crippen LogP contribution in [0.5, 0.6) is 0 Å². The van der Waals surface area contributed by atoms with Gasteiger partial charge in [0.15, 0.2) is 5.69 Å². The summed E-state index contributed by atoms with van der Waals surface area (Å²) >= 11 is 0. The third-order valence-corrected chi connectivity index (χ3v) is 2.06. The summed E-state index contributed by atoms with van der Waals surface area (Å²) in [5.74, 6) is 1.61. The largest absolute Gasteiger partial charge is 0.368 e. The molecule has 10 heteroatoms. The number of halogens is 1. The number of anilines is 3. The van der Waals surface area contributed by atoms with Gasteiger partial charge in [-0.25, -0.2) is 23.6 Å². The zero-order chi connectivity index (χ0) is 13.2. The van der Waals surface area contributed by atoms with Crippen LogP contribution in [-0.4, -0.2) is 25.7 Å². The molecule has 0 radical (unpaired) electrons. The number of aromatic amines is 1. The van der Waals surface area contributed by atoms with Crippen molar-refractivity contribution in [1.29, 1.82) is 0 Å². The van der Waals surface area contributed by atoms with Crippen LogP contribution >= 0.6 is 0 Å². The quantitative estimate of drug-likeness (QED) is 0.488. The van der Waals surface area contributed by atoms with Crippen LogP contribution in [-0.2, 0) is 0 Å². The van der Waals surface area contributed by atoms with Crippen molar-refractivity contribution < 1.29 is 33.9 Å². The fourth-order valence-corrected chi connectivity index (χ4v) is 1.54. The van der Waals surface area contributed by atoms with E-state index in [0.717, 1.165) is 18.2 Å². The van der Waals surface area contributed by atoms with E-state index in [0.29, 0.717) is 5.82 Å². The molecule has 0 spiro atoms. The third-order valence-electron chi connectivity index (χ3n) is 2.06. The van der Waals surface area contributed by atoms with Gasteiger partial charge in [-0.15, -0.1) is 10.2 Å². The van der Waals surface area contributed by atoms with E-state index in [-0.39, 0.29) is 0 Å². The van der Waals surface area contributed by atoms with E-state index in [1.807, 2.05) is 14.1 Å². The minimum atomic E-state index is -4.94.